The van der Waals surface area contributed by atoms with Gasteiger partial charge in [-0.1, -0.05) is 18.2 Å². The van der Waals surface area contributed by atoms with E-state index in [1.807, 2.05) is 49.5 Å². The Kier molecular flexibility index (Phi) is 3.63. The van der Waals surface area contributed by atoms with E-state index in [0.717, 1.165) is 17.1 Å². The highest BCUT2D eigenvalue weighted by atomic mass is 16.1. The molecule has 0 aliphatic heterocycles. The monoisotopic (exact) mass is 240 g/mol. The fourth-order valence-corrected chi connectivity index (χ4v) is 1.77. The molecule has 0 aliphatic carbocycles. The third-order valence-electron chi connectivity index (χ3n) is 2.72. The van der Waals surface area contributed by atoms with Gasteiger partial charge in [0.1, 0.15) is 0 Å². The summed E-state index contributed by atoms with van der Waals surface area (Å²) in [5.74, 6) is -0.0563. The molecule has 0 fully saturated rings. The first-order valence-electron chi connectivity index (χ1n) is 5.83. The van der Waals surface area contributed by atoms with Crippen LogP contribution >= 0.6 is 0 Å². The van der Waals surface area contributed by atoms with Crippen LogP contribution in [0.25, 0.3) is 0 Å². The number of amides is 1. The zero-order valence-corrected chi connectivity index (χ0v) is 10.6. The minimum Gasteiger partial charge on any atom is -0.345 e. The number of carbonyl (C=O) groups is 1. The summed E-state index contributed by atoms with van der Waals surface area (Å²) in [5, 5.41) is 2.75. The number of hydrogen-bond acceptors (Lipinski definition) is 2. The van der Waals surface area contributed by atoms with Crippen LogP contribution in [0.15, 0.2) is 54.6 Å². The van der Waals surface area contributed by atoms with E-state index >= 15 is 0 Å². The van der Waals surface area contributed by atoms with Gasteiger partial charge in [0, 0.05) is 31.0 Å². The van der Waals surface area contributed by atoms with E-state index in [1.54, 1.807) is 0 Å². The molecule has 0 saturated carbocycles. The Labute approximate surface area is 107 Å². The molecule has 18 heavy (non-hydrogen) atoms. The van der Waals surface area contributed by atoms with Gasteiger partial charge < -0.3 is 10.2 Å². The molecule has 3 heteroatoms. The van der Waals surface area contributed by atoms with Crippen LogP contribution in [-0.2, 0) is 4.79 Å². The Hall–Kier alpha value is -2.29. The van der Waals surface area contributed by atoms with Crippen LogP contribution in [0.2, 0.25) is 0 Å². The van der Waals surface area contributed by atoms with E-state index < -0.39 is 0 Å². The standard InChI is InChI=1S/C15H16N2O/c1-12(18)16-13-8-10-15(11-9-13)17(2)14-6-4-3-5-7-14/h3-11H,1-2H3,(H,16,18). The lowest BCUT2D eigenvalue weighted by atomic mass is 10.2. The summed E-state index contributed by atoms with van der Waals surface area (Å²) in [6.07, 6.45) is 0. The molecule has 0 heterocycles. The van der Waals surface area contributed by atoms with E-state index in [4.69, 9.17) is 0 Å². The molecular weight excluding hydrogens is 224 g/mol. The van der Waals surface area contributed by atoms with Gasteiger partial charge in [0.05, 0.1) is 0 Å². The van der Waals surface area contributed by atoms with E-state index in [2.05, 4.69) is 22.3 Å². The molecule has 2 aromatic rings. The Morgan fingerprint density at radius 1 is 0.944 bits per heavy atom. The molecule has 0 unspecified atom stereocenters. The van der Waals surface area contributed by atoms with E-state index in [1.165, 1.54) is 6.92 Å². The maximum atomic E-state index is 10.9. The van der Waals surface area contributed by atoms with Crippen molar-refractivity contribution >= 4 is 23.0 Å². The smallest absolute Gasteiger partial charge is 0.221 e. The van der Waals surface area contributed by atoms with Crippen LogP contribution in [0.3, 0.4) is 0 Å². The molecule has 0 spiro atoms. The average molecular weight is 240 g/mol. The summed E-state index contributed by atoms with van der Waals surface area (Å²) in [6, 6.07) is 17.9. The number of carbonyl (C=O) groups excluding carboxylic acids is 1. The summed E-state index contributed by atoms with van der Waals surface area (Å²) in [5.41, 5.74) is 3.02. The highest BCUT2D eigenvalue weighted by Gasteiger charge is 2.03. The van der Waals surface area contributed by atoms with Gasteiger partial charge in [-0.05, 0) is 36.4 Å². The molecule has 2 rings (SSSR count). The van der Waals surface area contributed by atoms with Crippen molar-refractivity contribution in [3.63, 3.8) is 0 Å². The van der Waals surface area contributed by atoms with Crippen molar-refractivity contribution in [1.82, 2.24) is 0 Å². The van der Waals surface area contributed by atoms with Gasteiger partial charge in [-0.25, -0.2) is 0 Å². The molecule has 0 saturated heterocycles. The lowest BCUT2D eigenvalue weighted by Gasteiger charge is -2.19. The first-order valence-corrected chi connectivity index (χ1v) is 5.83. The summed E-state index contributed by atoms with van der Waals surface area (Å²) >= 11 is 0. The third kappa shape index (κ3) is 2.88. The number of anilines is 3. The molecule has 2 aromatic carbocycles. The van der Waals surface area contributed by atoms with Gasteiger partial charge in [0.2, 0.25) is 5.91 Å². The quantitative estimate of drug-likeness (QED) is 0.891. The van der Waals surface area contributed by atoms with Crippen molar-refractivity contribution in [1.29, 1.82) is 0 Å². The summed E-state index contributed by atoms with van der Waals surface area (Å²) in [7, 11) is 2.02. The van der Waals surface area contributed by atoms with Crippen LogP contribution in [0.1, 0.15) is 6.92 Å². The van der Waals surface area contributed by atoms with E-state index in [-0.39, 0.29) is 5.91 Å². The normalized spacial score (nSPS) is 9.89. The van der Waals surface area contributed by atoms with Gasteiger partial charge in [-0.3, -0.25) is 4.79 Å². The molecule has 0 aliphatic rings. The molecule has 0 aromatic heterocycles. The predicted octanol–water partition coefficient (Wildman–Crippen LogP) is 3.41. The third-order valence-corrected chi connectivity index (χ3v) is 2.72. The van der Waals surface area contributed by atoms with Gasteiger partial charge in [0.15, 0.2) is 0 Å². The van der Waals surface area contributed by atoms with Crippen LogP contribution in [-0.4, -0.2) is 13.0 Å². The molecule has 1 amide bonds. The number of nitrogens with one attached hydrogen (secondary N) is 1. The molecule has 3 nitrogen and oxygen atoms in total. The second kappa shape index (κ2) is 5.36. The second-order valence-corrected chi connectivity index (χ2v) is 4.12. The van der Waals surface area contributed by atoms with Crippen molar-refractivity contribution in [2.75, 3.05) is 17.3 Å². The van der Waals surface area contributed by atoms with Crippen LogP contribution in [0.5, 0.6) is 0 Å². The largest absolute Gasteiger partial charge is 0.345 e. The molecule has 0 bridgehead atoms. The highest BCUT2D eigenvalue weighted by molar-refractivity contribution is 5.88. The SMILES string of the molecule is CC(=O)Nc1ccc(N(C)c2ccccc2)cc1. The van der Waals surface area contributed by atoms with Gasteiger partial charge in [-0.15, -0.1) is 0 Å². The summed E-state index contributed by atoms with van der Waals surface area (Å²) in [4.78, 5) is 13.0. The van der Waals surface area contributed by atoms with Gasteiger partial charge in [-0.2, -0.15) is 0 Å². The molecule has 0 atom stereocenters. The number of hydrogen-bond donors (Lipinski definition) is 1. The zero-order chi connectivity index (χ0) is 13.0. The van der Waals surface area contributed by atoms with Gasteiger partial charge >= 0.3 is 0 Å². The summed E-state index contributed by atoms with van der Waals surface area (Å²) in [6.45, 7) is 1.50. The maximum absolute atomic E-state index is 10.9. The number of para-hydroxylation sites is 1. The van der Waals surface area contributed by atoms with E-state index in [0.29, 0.717) is 0 Å². The predicted molar refractivity (Wildman–Crippen MR) is 75.3 cm³/mol. The number of rotatable bonds is 3. The molecule has 92 valence electrons. The van der Waals surface area contributed by atoms with Crippen molar-refractivity contribution in [3.05, 3.63) is 54.6 Å². The molecule has 0 radical (unpaired) electrons. The summed E-state index contributed by atoms with van der Waals surface area (Å²) < 4.78 is 0. The number of benzene rings is 2. The lowest BCUT2D eigenvalue weighted by Crippen LogP contribution is -2.10. The minimum absolute atomic E-state index is 0.0563. The van der Waals surface area contributed by atoms with Crippen molar-refractivity contribution < 1.29 is 4.79 Å². The Morgan fingerprint density at radius 3 is 2.06 bits per heavy atom. The first kappa shape index (κ1) is 12.2. The maximum Gasteiger partial charge on any atom is 0.221 e. The zero-order valence-electron chi connectivity index (χ0n) is 10.6. The highest BCUT2D eigenvalue weighted by Crippen LogP contribution is 2.24. The Morgan fingerprint density at radius 2 is 1.50 bits per heavy atom. The van der Waals surface area contributed by atoms with Crippen molar-refractivity contribution in [2.24, 2.45) is 0 Å². The van der Waals surface area contributed by atoms with Crippen LogP contribution < -0.4 is 10.2 Å². The Balaban J connectivity index is 2.17. The first-order chi connectivity index (χ1) is 8.66. The van der Waals surface area contributed by atoms with Crippen LogP contribution in [0.4, 0.5) is 17.1 Å². The second-order valence-electron chi connectivity index (χ2n) is 4.12. The average Bonchev–Trinajstić information content (AvgIpc) is 2.39. The molecule has 1 N–H and O–H groups in total. The fraction of sp³-hybridized carbons (Fsp3) is 0.133. The topological polar surface area (TPSA) is 32.3 Å². The Bertz CT molecular complexity index is 520. The van der Waals surface area contributed by atoms with Gasteiger partial charge in [0.25, 0.3) is 0 Å². The van der Waals surface area contributed by atoms with E-state index in [9.17, 15) is 4.79 Å². The number of nitrogens with zero attached hydrogens (tertiary/aromatic N) is 1. The molecular formula is C15H16N2O. The van der Waals surface area contributed by atoms with Crippen molar-refractivity contribution in [3.8, 4) is 0 Å². The minimum atomic E-state index is -0.0563. The van der Waals surface area contributed by atoms with Crippen LogP contribution in [0, 0.1) is 0 Å². The van der Waals surface area contributed by atoms with Crippen molar-refractivity contribution in [2.45, 2.75) is 6.92 Å². The lowest BCUT2D eigenvalue weighted by molar-refractivity contribution is -0.114. The fourth-order valence-electron chi connectivity index (χ4n) is 1.77.